The minimum atomic E-state index is 0.00385. The molecule has 2 fully saturated rings. The molecule has 1 aliphatic carbocycles. The van der Waals surface area contributed by atoms with Crippen LogP contribution in [0.1, 0.15) is 56.9 Å². The normalized spacial score (nSPS) is 20.3. The molecule has 0 bridgehead atoms. The summed E-state index contributed by atoms with van der Waals surface area (Å²) in [6, 6.07) is 8.62. The average molecular weight is 433 g/mol. The first-order chi connectivity index (χ1) is 15.7. The Labute approximate surface area is 189 Å². The smallest absolute Gasteiger partial charge is 0.225 e. The molecule has 7 heteroatoms. The van der Waals surface area contributed by atoms with Gasteiger partial charge in [0, 0.05) is 25.3 Å². The number of carbonyl (C=O) groups excluding carboxylic acids is 1. The van der Waals surface area contributed by atoms with Crippen LogP contribution in [-0.4, -0.2) is 44.8 Å². The third-order valence-electron chi connectivity index (χ3n) is 6.89. The first kappa shape index (κ1) is 20.9. The van der Waals surface area contributed by atoms with Gasteiger partial charge in [-0.25, -0.2) is 14.6 Å². The van der Waals surface area contributed by atoms with Gasteiger partial charge in [-0.2, -0.15) is 0 Å². The fourth-order valence-corrected chi connectivity index (χ4v) is 5.03. The summed E-state index contributed by atoms with van der Waals surface area (Å²) in [5.74, 6) is 1.09. The summed E-state index contributed by atoms with van der Waals surface area (Å²) in [6.45, 7) is 3.67. The second-order valence-corrected chi connectivity index (χ2v) is 9.33. The molecule has 1 saturated heterocycles. The maximum Gasteiger partial charge on any atom is 0.225 e. The van der Waals surface area contributed by atoms with Gasteiger partial charge in [0.15, 0.2) is 5.65 Å². The van der Waals surface area contributed by atoms with E-state index < -0.39 is 0 Å². The Morgan fingerprint density at radius 3 is 2.56 bits per heavy atom. The van der Waals surface area contributed by atoms with Crippen molar-refractivity contribution in [1.82, 2.24) is 25.1 Å². The molecule has 7 nitrogen and oxygen atoms in total. The Hall–Kier alpha value is -2.96. The third-order valence-corrected chi connectivity index (χ3v) is 6.89. The van der Waals surface area contributed by atoms with Gasteiger partial charge in [-0.3, -0.25) is 4.79 Å². The quantitative estimate of drug-likeness (QED) is 0.626. The van der Waals surface area contributed by atoms with E-state index in [2.05, 4.69) is 56.5 Å². The van der Waals surface area contributed by atoms with E-state index in [1.54, 1.807) is 6.33 Å². The monoisotopic (exact) mass is 432 g/mol. The number of anilines is 1. The van der Waals surface area contributed by atoms with Crippen molar-refractivity contribution in [3.63, 3.8) is 0 Å². The second kappa shape index (κ2) is 9.27. The average Bonchev–Trinajstić information content (AvgIpc) is 3.09. The fourth-order valence-electron chi connectivity index (χ4n) is 5.03. The Bertz CT molecular complexity index is 1070. The van der Waals surface area contributed by atoms with Crippen molar-refractivity contribution < 1.29 is 4.79 Å². The zero-order valence-electron chi connectivity index (χ0n) is 18.8. The molecule has 2 aliphatic rings. The maximum atomic E-state index is 13.0. The molecule has 3 aromatic rings. The lowest BCUT2D eigenvalue weighted by molar-refractivity contribution is -0.126. The van der Waals surface area contributed by atoms with E-state index in [1.807, 2.05) is 10.9 Å². The SMILES string of the molecule is Cc1ccc(-n2cc3c(N4CCC[C@@H](C(=O)NC5CCCCCC5)C4)ncnc3n2)cc1. The molecule has 3 heterocycles. The van der Waals surface area contributed by atoms with Crippen molar-refractivity contribution in [1.29, 1.82) is 0 Å². The van der Waals surface area contributed by atoms with Gasteiger partial charge in [0.05, 0.1) is 17.0 Å². The van der Waals surface area contributed by atoms with Gasteiger partial charge in [0.25, 0.3) is 0 Å². The predicted octanol–water partition coefficient (Wildman–Crippen LogP) is 4.18. The lowest BCUT2D eigenvalue weighted by Gasteiger charge is -2.33. The van der Waals surface area contributed by atoms with Crippen molar-refractivity contribution in [2.75, 3.05) is 18.0 Å². The number of carbonyl (C=O) groups is 1. The number of nitrogens with zero attached hydrogens (tertiary/aromatic N) is 5. The molecular formula is C25H32N6O. The number of aromatic nitrogens is 4. The molecular weight excluding hydrogens is 400 g/mol. The highest BCUT2D eigenvalue weighted by Gasteiger charge is 2.29. The van der Waals surface area contributed by atoms with Crippen molar-refractivity contribution in [3.8, 4) is 5.69 Å². The van der Waals surface area contributed by atoms with Crippen LogP contribution in [-0.2, 0) is 4.79 Å². The van der Waals surface area contributed by atoms with Crippen LogP contribution in [0, 0.1) is 12.8 Å². The molecule has 168 valence electrons. The molecule has 1 N–H and O–H groups in total. The molecule has 1 saturated carbocycles. The zero-order valence-corrected chi connectivity index (χ0v) is 18.8. The molecule has 1 aromatic carbocycles. The minimum Gasteiger partial charge on any atom is -0.355 e. The van der Waals surface area contributed by atoms with Crippen molar-refractivity contribution >= 4 is 22.8 Å². The van der Waals surface area contributed by atoms with E-state index in [0.717, 1.165) is 49.1 Å². The number of aryl methyl sites for hydroxylation is 1. The van der Waals surface area contributed by atoms with Crippen LogP contribution in [0.2, 0.25) is 0 Å². The second-order valence-electron chi connectivity index (χ2n) is 9.33. The van der Waals surface area contributed by atoms with Crippen LogP contribution in [0.5, 0.6) is 0 Å². The summed E-state index contributed by atoms with van der Waals surface area (Å²) in [4.78, 5) is 24.3. The number of nitrogens with one attached hydrogen (secondary N) is 1. The van der Waals surface area contributed by atoms with Gasteiger partial charge in [0.1, 0.15) is 12.1 Å². The molecule has 1 aliphatic heterocycles. The minimum absolute atomic E-state index is 0.00385. The predicted molar refractivity (Wildman–Crippen MR) is 126 cm³/mol. The van der Waals surface area contributed by atoms with Gasteiger partial charge in [0.2, 0.25) is 5.91 Å². The van der Waals surface area contributed by atoms with Crippen LogP contribution in [0.15, 0.2) is 36.8 Å². The number of hydrogen-bond acceptors (Lipinski definition) is 5. The van der Waals surface area contributed by atoms with E-state index in [0.29, 0.717) is 18.2 Å². The highest BCUT2D eigenvalue weighted by molar-refractivity contribution is 5.87. The lowest BCUT2D eigenvalue weighted by atomic mass is 9.96. The third kappa shape index (κ3) is 4.47. The molecule has 2 aromatic heterocycles. The maximum absolute atomic E-state index is 13.0. The van der Waals surface area contributed by atoms with E-state index in [9.17, 15) is 4.79 Å². The van der Waals surface area contributed by atoms with Crippen molar-refractivity contribution in [3.05, 3.63) is 42.4 Å². The summed E-state index contributed by atoms with van der Waals surface area (Å²) in [6.07, 6.45) is 12.8. The fraction of sp³-hybridized carbons (Fsp3) is 0.520. The number of rotatable bonds is 4. The van der Waals surface area contributed by atoms with Crippen molar-refractivity contribution in [2.24, 2.45) is 5.92 Å². The molecule has 32 heavy (non-hydrogen) atoms. The number of amides is 1. The summed E-state index contributed by atoms with van der Waals surface area (Å²) in [5, 5.41) is 8.95. The van der Waals surface area contributed by atoms with Gasteiger partial charge in [-0.05, 0) is 44.7 Å². The standard InChI is InChI=1S/C25H32N6O/c1-18-10-12-21(13-11-18)31-16-22-23(29-31)26-17-27-24(22)30-14-6-7-19(15-30)25(32)28-20-8-4-2-3-5-9-20/h10-13,16-17,19-20H,2-9,14-15H2,1H3,(H,28,32)/t19-/m1/s1. The number of benzene rings is 1. The molecule has 0 radical (unpaired) electrons. The van der Waals surface area contributed by atoms with E-state index in [1.165, 1.54) is 31.2 Å². The lowest BCUT2D eigenvalue weighted by Crippen LogP contribution is -2.46. The summed E-state index contributed by atoms with van der Waals surface area (Å²) >= 11 is 0. The van der Waals surface area contributed by atoms with Gasteiger partial charge in [-0.1, -0.05) is 43.4 Å². The number of piperidine rings is 1. The molecule has 0 spiro atoms. The number of hydrogen-bond donors (Lipinski definition) is 1. The van der Waals surface area contributed by atoms with E-state index in [4.69, 9.17) is 0 Å². The molecule has 1 amide bonds. The Kier molecular flexibility index (Phi) is 6.06. The van der Waals surface area contributed by atoms with Crippen molar-refractivity contribution in [2.45, 2.75) is 64.3 Å². The van der Waals surface area contributed by atoms with Gasteiger partial charge >= 0.3 is 0 Å². The Balaban J connectivity index is 1.34. The van der Waals surface area contributed by atoms with Gasteiger partial charge < -0.3 is 10.2 Å². The highest BCUT2D eigenvalue weighted by Crippen LogP contribution is 2.28. The van der Waals surface area contributed by atoms with Crippen LogP contribution in [0.25, 0.3) is 16.7 Å². The Morgan fingerprint density at radius 1 is 1.00 bits per heavy atom. The van der Waals surface area contributed by atoms with Crippen LogP contribution in [0.3, 0.4) is 0 Å². The van der Waals surface area contributed by atoms with Crippen LogP contribution in [0.4, 0.5) is 5.82 Å². The van der Waals surface area contributed by atoms with E-state index in [-0.39, 0.29) is 11.8 Å². The van der Waals surface area contributed by atoms with Crippen LogP contribution >= 0.6 is 0 Å². The summed E-state index contributed by atoms with van der Waals surface area (Å²) in [7, 11) is 0. The van der Waals surface area contributed by atoms with Gasteiger partial charge in [-0.15, -0.1) is 5.10 Å². The zero-order chi connectivity index (χ0) is 21.9. The highest BCUT2D eigenvalue weighted by atomic mass is 16.2. The summed E-state index contributed by atoms with van der Waals surface area (Å²) < 4.78 is 1.86. The Morgan fingerprint density at radius 2 is 1.78 bits per heavy atom. The number of fused-ring (bicyclic) bond motifs is 1. The molecule has 1 atom stereocenters. The van der Waals surface area contributed by atoms with Crippen LogP contribution < -0.4 is 10.2 Å². The topological polar surface area (TPSA) is 75.9 Å². The summed E-state index contributed by atoms with van der Waals surface area (Å²) in [5.41, 5.74) is 2.90. The van der Waals surface area contributed by atoms with E-state index >= 15 is 0 Å². The molecule has 5 rings (SSSR count). The first-order valence-corrected chi connectivity index (χ1v) is 12.0. The first-order valence-electron chi connectivity index (χ1n) is 12.0. The largest absolute Gasteiger partial charge is 0.355 e. The molecule has 0 unspecified atom stereocenters.